The number of ether oxygens (including phenoxy) is 2. The minimum absolute atomic E-state index is 0.0157. The molecule has 3 heteroatoms. The van der Waals surface area contributed by atoms with E-state index in [0.717, 1.165) is 88.4 Å². The highest BCUT2D eigenvalue weighted by Crippen LogP contribution is 2.60. The summed E-state index contributed by atoms with van der Waals surface area (Å²) in [5.74, 6) is 2.29. The third kappa shape index (κ3) is 12.2. The summed E-state index contributed by atoms with van der Waals surface area (Å²) in [5.41, 5.74) is 29.4. The zero-order chi connectivity index (χ0) is 94.2. The van der Waals surface area contributed by atoms with E-state index in [4.69, 9.17) is 20.7 Å². The normalized spacial score (nSPS) is 15.7. The zero-order valence-corrected chi connectivity index (χ0v) is 74.3. The maximum atomic E-state index is 8.80. The largest absolute Gasteiger partial charge is 0.484 e. The first-order valence-electron chi connectivity index (χ1n) is 49.8. The summed E-state index contributed by atoms with van der Waals surface area (Å²) in [6.45, 7) is 0. The van der Waals surface area contributed by atoms with Crippen LogP contribution in [0.1, 0.15) is 29.8 Å². The summed E-state index contributed by atoms with van der Waals surface area (Å²) < 4.78 is 62.5. The van der Waals surface area contributed by atoms with E-state index in [2.05, 4.69) is 370 Å². The van der Waals surface area contributed by atoms with Gasteiger partial charge in [0.25, 0.3) is 0 Å². The van der Waals surface area contributed by atoms with Crippen molar-refractivity contribution in [2.45, 2.75) is 24.0 Å². The van der Waals surface area contributed by atoms with Gasteiger partial charge in [-0.2, -0.15) is 0 Å². The van der Waals surface area contributed by atoms with Crippen molar-refractivity contribution in [3.05, 3.63) is 496 Å². The first kappa shape index (κ1) is 73.1. The van der Waals surface area contributed by atoms with Crippen molar-refractivity contribution in [2.75, 3.05) is 0 Å². The number of benzene rings is 24. The molecule has 0 bridgehead atoms. The standard InChI is InChI=1S/2C48H30O.C38H24O/c1-2-11-29(12-3-1)33-27-28-41(47-40-19-8-9-20-42(40)49-48(33)47)46-36-17-6-4-15-34(36)45(35-16-5-7-18-37(35)46)39-26-24-32-22-21-30-13-10-14-31-23-25-38(39)44(32)43(30)31;1-2-13-29(14-3-1)30-25-28-42(47-41-21-10-11-24-43(41)49-48(30)47)46-36-19-8-6-17-34(36)45(35-18-7-9-20-37(35)46)40-27-26-39-32-16-5-4-15-31(32)33-22-12-23-38(40)44(33)39;1-3-12-25(13-4-1)28-20-11-21-35-38(28)33-24-27(22-23-34(33)39-35)37-31-18-9-7-16-29(31)36(26-14-5-2-6-15-26)30-17-8-10-19-32(30)37/h1-28,40,42H;1-28,41,43H;1-24H/i;;2D,5D,6D,14D,15D. The first-order valence-corrected chi connectivity index (χ1v) is 47.3. The minimum Gasteiger partial charge on any atom is -0.484 e. The Morgan fingerprint density at radius 3 is 1.03 bits per heavy atom. The van der Waals surface area contributed by atoms with Crippen LogP contribution in [0.3, 0.4) is 0 Å². The van der Waals surface area contributed by atoms with Crippen LogP contribution >= 0.6 is 0 Å². The summed E-state index contributed by atoms with van der Waals surface area (Å²) in [7, 11) is 0. The molecule has 30 rings (SSSR count). The summed E-state index contributed by atoms with van der Waals surface area (Å²) >= 11 is 0. The van der Waals surface area contributed by atoms with E-state index in [1.54, 1.807) is 0 Å². The molecule has 0 saturated carbocycles. The fourth-order valence-electron chi connectivity index (χ4n) is 23.8. The Hall–Kier alpha value is -17.5. The molecule has 4 atom stereocenters. The number of rotatable bonds is 9. The van der Waals surface area contributed by atoms with Crippen LogP contribution in [0.15, 0.2) is 490 Å². The average Bonchev–Trinajstić information content (AvgIpc) is 1.65. The smallest absolute Gasteiger partial charge is 0.136 e. The van der Waals surface area contributed by atoms with Gasteiger partial charge < -0.3 is 13.9 Å². The van der Waals surface area contributed by atoms with Crippen molar-refractivity contribution in [1.82, 2.24) is 0 Å². The lowest BCUT2D eigenvalue weighted by molar-refractivity contribution is 0.269. The van der Waals surface area contributed by atoms with Crippen LogP contribution in [0.4, 0.5) is 0 Å². The van der Waals surface area contributed by atoms with Gasteiger partial charge in [0, 0.05) is 44.9 Å². The lowest BCUT2D eigenvalue weighted by Crippen LogP contribution is -2.15. The molecule has 4 unspecified atom stereocenters. The van der Waals surface area contributed by atoms with Gasteiger partial charge in [0.05, 0.1) is 6.85 Å². The third-order valence-corrected chi connectivity index (χ3v) is 29.5. The fraction of sp³-hybridized carbons (Fsp3) is 0.0299. The van der Waals surface area contributed by atoms with Crippen molar-refractivity contribution in [2.24, 2.45) is 0 Å². The van der Waals surface area contributed by atoms with Crippen LogP contribution in [0.2, 0.25) is 0 Å². The van der Waals surface area contributed by atoms with E-state index in [1.807, 2.05) is 84.9 Å². The number of hydrogen-bond donors (Lipinski definition) is 0. The second-order valence-electron chi connectivity index (χ2n) is 36.6. The van der Waals surface area contributed by atoms with Gasteiger partial charge in [-0.25, -0.2) is 0 Å². The Bertz CT molecular complexity index is 9590. The monoisotopic (exact) mass is 1750 g/mol. The van der Waals surface area contributed by atoms with Gasteiger partial charge >= 0.3 is 0 Å². The van der Waals surface area contributed by atoms with E-state index in [0.29, 0.717) is 5.56 Å². The number of hydrogen-bond acceptors (Lipinski definition) is 3. The van der Waals surface area contributed by atoms with Crippen LogP contribution in [-0.2, 0) is 0 Å². The van der Waals surface area contributed by atoms with Crippen LogP contribution < -0.4 is 9.47 Å². The molecule has 0 spiro atoms. The second-order valence-corrected chi connectivity index (χ2v) is 36.6. The van der Waals surface area contributed by atoms with Crippen molar-refractivity contribution in [1.29, 1.82) is 0 Å². The molecule has 2 aliphatic heterocycles. The molecule has 137 heavy (non-hydrogen) atoms. The lowest BCUT2D eigenvalue weighted by atomic mass is 9.80. The molecule has 0 amide bonds. The summed E-state index contributed by atoms with van der Waals surface area (Å²) in [5, 5.41) is 26.2. The highest BCUT2D eigenvalue weighted by molar-refractivity contribution is 6.32. The van der Waals surface area contributed by atoms with Crippen LogP contribution in [0, 0.1) is 0 Å². The van der Waals surface area contributed by atoms with E-state index >= 15 is 0 Å². The Morgan fingerprint density at radius 1 is 0.190 bits per heavy atom. The molecule has 3 heterocycles. The second kappa shape index (κ2) is 31.6. The highest BCUT2D eigenvalue weighted by Gasteiger charge is 2.40. The summed E-state index contributed by atoms with van der Waals surface area (Å²) in [4.78, 5) is 0. The molecule has 0 saturated heterocycles. The Morgan fingerprint density at radius 2 is 0.533 bits per heavy atom. The number of fused-ring (bicyclic) bond motifs is 18. The van der Waals surface area contributed by atoms with Crippen molar-refractivity contribution < 1.29 is 20.7 Å². The molecule has 638 valence electrons. The molecular weight excluding hydrogens is 1660 g/mol. The molecule has 3 aliphatic carbocycles. The van der Waals surface area contributed by atoms with Gasteiger partial charge in [-0.05, 0) is 249 Å². The minimum atomic E-state index is -0.399. The Kier molecular flexibility index (Phi) is 16.9. The highest BCUT2D eigenvalue weighted by atomic mass is 16.5. The molecule has 0 fully saturated rings. The quantitative estimate of drug-likeness (QED) is 0.107. The van der Waals surface area contributed by atoms with Crippen molar-refractivity contribution in [3.8, 4) is 134 Å². The van der Waals surface area contributed by atoms with E-state index in [-0.39, 0.29) is 53.8 Å². The zero-order valence-electron chi connectivity index (χ0n) is 79.3. The Labute approximate surface area is 799 Å². The van der Waals surface area contributed by atoms with Crippen LogP contribution in [0.25, 0.3) is 252 Å². The topological polar surface area (TPSA) is 31.6 Å². The maximum Gasteiger partial charge on any atom is 0.136 e. The predicted octanol–water partition coefficient (Wildman–Crippen LogP) is 36.5. The van der Waals surface area contributed by atoms with Gasteiger partial charge in [-0.15, -0.1) is 0 Å². The first-order chi connectivity index (χ1) is 70.1. The van der Waals surface area contributed by atoms with Gasteiger partial charge in [0.2, 0.25) is 0 Å². The van der Waals surface area contributed by atoms with Crippen molar-refractivity contribution >= 4 is 130 Å². The molecule has 1 aromatic heterocycles. The molecule has 3 nitrogen and oxygen atoms in total. The average molecular weight is 1750 g/mol. The van der Waals surface area contributed by atoms with Crippen molar-refractivity contribution in [3.63, 3.8) is 0 Å². The summed E-state index contributed by atoms with van der Waals surface area (Å²) in [6.07, 6.45) is 17.6. The van der Waals surface area contributed by atoms with Crippen LogP contribution in [0.5, 0.6) is 11.5 Å². The van der Waals surface area contributed by atoms with E-state index < -0.39 is 6.04 Å². The fourth-order valence-corrected chi connectivity index (χ4v) is 23.8. The third-order valence-electron chi connectivity index (χ3n) is 29.5. The Balaban J connectivity index is 0.000000104. The van der Waals surface area contributed by atoms with Gasteiger partial charge in [-0.1, -0.05) is 455 Å². The van der Waals surface area contributed by atoms with E-state index in [1.165, 1.54) is 175 Å². The predicted molar refractivity (Wildman–Crippen MR) is 577 cm³/mol. The number of allylic oxidation sites excluding steroid dienone is 4. The van der Waals surface area contributed by atoms with Gasteiger partial charge in [0.1, 0.15) is 34.9 Å². The SMILES string of the molecule is C1=CC2Oc3c(-c4ccccc4)ccc(-c4c5ccccc5c(-c5ccc6c7c(cccc57)-c5ccccc5-6)c5ccccc45)c3C2C=C1.C1=CC2Oc3c(-c4ccccc4)ccc(-c4c5ccccc5c(-c5ccc6ccc7cccc8ccc5c6c78)c5ccccc45)c3C2C=C1.[2H]c1c([2H])c([2H])c(-c2c3ccccc3c(-c3ccc4oc5cccc(-c6ccccc6)c5c4c3)c3ccccc23)c([2H])c1[2H]. The van der Waals surface area contributed by atoms with E-state index in [9.17, 15) is 0 Å². The van der Waals surface area contributed by atoms with Gasteiger partial charge in [0.15, 0.2) is 0 Å². The van der Waals surface area contributed by atoms with Gasteiger partial charge in [-0.3, -0.25) is 0 Å². The molecule has 5 aliphatic rings. The number of furan rings is 1. The van der Waals surface area contributed by atoms with Crippen LogP contribution in [-0.4, -0.2) is 12.2 Å². The molecule has 25 aromatic rings. The lowest BCUT2D eigenvalue weighted by Gasteiger charge is -2.22. The molecular formula is C134H84O3. The molecule has 0 radical (unpaired) electrons. The molecule has 24 aromatic carbocycles. The summed E-state index contributed by atoms with van der Waals surface area (Å²) in [6, 6.07) is 145. The molecule has 0 N–H and O–H groups in total. The maximum absolute atomic E-state index is 8.80.